The van der Waals surface area contributed by atoms with Crippen molar-refractivity contribution < 1.29 is 9.90 Å². The van der Waals surface area contributed by atoms with Gasteiger partial charge in [0.25, 0.3) is 5.91 Å². The third-order valence-corrected chi connectivity index (χ3v) is 2.86. The lowest BCUT2D eigenvalue weighted by Crippen LogP contribution is -2.32. The predicted octanol–water partition coefficient (Wildman–Crippen LogP) is 1.60. The number of hydrogen-bond acceptors (Lipinski definition) is 3. The van der Waals surface area contributed by atoms with E-state index < -0.39 is 0 Å². The van der Waals surface area contributed by atoms with E-state index in [0.29, 0.717) is 25.1 Å². The van der Waals surface area contributed by atoms with Crippen LogP contribution < -0.4 is 4.90 Å². The first-order chi connectivity index (χ1) is 8.60. The fourth-order valence-electron chi connectivity index (χ4n) is 1.76. The average Bonchev–Trinajstić information content (AvgIpc) is 2.39. The minimum Gasteiger partial charge on any atom is -0.396 e. The van der Waals surface area contributed by atoms with Crippen LogP contribution in [0, 0.1) is 0 Å². The Hall–Kier alpha value is -1.55. The van der Waals surface area contributed by atoms with Gasteiger partial charge in [-0.15, -0.1) is 0 Å². The van der Waals surface area contributed by atoms with Gasteiger partial charge < -0.3 is 14.9 Å². The summed E-state index contributed by atoms with van der Waals surface area (Å²) in [6.07, 6.45) is 0.618. The van der Waals surface area contributed by atoms with E-state index in [0.717, 1.165) is 5.69 Å². The van der Waals surface area contributed by atoms with Crippen LogP contribution in [0.25, 0.3) is 0 Å². The zero-order valence-electron chi connectivity index (χ0n) is 11.4. The molecule has 0 aromatic heterocycles. The first kappa shape index (κ1) is 14.5. The summed E-state index contributed by atoms with van der Waals surface area (Å²) >= 11 is 0. The van der Waals surface area contributed by atoms with Crippen LogP contribution in [0.5, 0.6) is 0 Å². The number of benzene rings is 1. The zero-order valence-corrected chi connectivity index (χ0v) is 11.4. The van der Waals surface area contributed by atoms with Crippen LogP contribution in [-0.4, -0.2) is 49.7 Å². The number of carbonyl (C=O) groups excluding carboxylic acids is 1. The summed E-state index contributed by atoms with van der Waals surface area (Å²) in [5.74, 6) is 0.0228. The maximum absolute atomic E-state index is 12.3. The van der Waals surface area contributed by atoms with Crippen molar-refractivity contribution in [3.63, 3.8) is 0 Å². The summed E-state index contributed by atoms with van der Waals surface area (Å²) in [4.78, 5) is 16.0. The fraction of sp³-hybridized carbons (Fsp3) is 0.500. The number of hydrogen-bond donors (Lipinski definition) is 1. The molecule has 0 saturated heterocycles. The number of carbonyl (C=O) groups is 1. The zero-order chi connectivity index (χ0) is 13.5. The lowest BCUT2D eigenvalue weighted by molar-refractivity contribution is 0.0754. The molecular weight excluding hydrogens is 228 g/mol. The summed E-state index contributed by atoms with van der Waals surface area (Å²) in [5.41, 5.74) is 1.71. The van der Waals surface area contributed by atoms with Crippen molar-refractivity contribution in [3.05, 3.63) is 29.8 Å². The summed E-state index contributed by atoms with van der Waals surface area (Å²) in [6.45, 7) is 3.32. The topological polar surface area (TPSA) is 43.8 Å². The fourth-order valence-corrected chi connectivity index (χ4v) is 1.76. The van der Waals surface area contributed by atoms with Gasteiger partial charge in [-0.3, -0.25) is 4.79 Å². The van der Waals surface area contributed by atoms with Crippen LogP contribution >= 0.6 is 0 Å². The molecule has 1 aromatic rings. The van der Waals surface area contributed by atoms with Crippen molar-refractivity contribution in [2.24, 2.45) is 0 Å². The maximum Gasteiger partial charge on any atom is 0.253 e. The second-order valence-corrected chi connectivity index (χ2v) is 4.41. The van der Waals surface area contributed by atoms with Gasteiger partial charge in [0.05, 0.1) is 0 Å². The summed E-state index contributed by atoms with van der Waals surface area (Å²) in [6, 6.07) is 7.59. The smallest absolute Gasteiger partial charge is 0.253 e. The van der Waals surface area contributed by atoms with Crippen molar-refractivity contribution in [1.29, 1.82) is 0 Å². The molecule has 4 nitrogen and oxygen atoms in total. The van der Waals surface area contributed by atoms with Gasteiger partial charge in [0.15, 0.2) is 0 Å². The van der Waals surface area contributed by atoms with E-state index >= 15 is 0 Å². The quantitative estimate of drug-likeness (QED) is 0.834. The number of aliphatic hydroxyl groups excluding tert-OH is 1. The lowest BCUT2D eigenvalue weighted by Gasteiger charge is -2.21. The van der Waals surface area contributed by atoms with Crippen molar-refractivity contribution in [3.8, 4) is 0 Å². The standard InChI is InChI=1S/C14H22N2O2/c1-4-16(9-6-10-17)14(18)12-7-5-8-13(11-12)15(2)3/h5,7-8,11,17H,4,6,9-10H2,1-3H3. The van der Waals surface area contributed by atoms with Gasteiger partial charge in [-0.1, -0.05) is 6.07 Å². The number of anilines is 1. The lowest BCUT2D eigenvalue weighted by atomic mass is 10.1. The van der Waals surface area contributed by atoms with E-state index in [1.54, 1.807) is 4.90 Å². The molecule has 0 bridgehead atoms. The molecule has 0 aliphatic heterocycles. The van der Waals surface area contributed by atoms with E-state index in [2.05, 4.69) is 0 Å². The van der Waals surface area contributed by atoms with E-state index in [1.807, 2.05) is 50.2 Å². The molecule has 18 heavy (non-hydrogen) atoms. The third kappa shape index (κ3) is 3.74. The Morgan fingerprint density at radius 3 is 2.61 bits per heavy atom. The van der Waals surface area contributed by atoms with Gasteiger partial charge in [-0.25, -0.2) is 0 Å². The van der Waals surface area contributed by atoms with Gasteiger partial charge in [0, 0.05) is 45.0 Å². The summed E-state index contributed by atoms with van der Waals surface area (Å²) in [7, 11) is 3.90. The van der Waals surface area contributed by atoms with Crippen molar-refractivity contribution >= 4 is 11.6 Å². The largest absolute Gasteiger partial charge is 0.396 e. The van der Waals surface area contributed by atoms with Crippen LogP contribution in [0.15, 0.2) is 24.3 Å². The molecule has 0 spiro atoms. The van der Waals surface area contributed by atoms with Crippen LogP contribution in [-0.2, 0) is 0 Å². The normalized spacial score (nSPS) is 10.2. The maximum atomic E-state index is 12.3. The molecule has 1 rings (SSSR count). The SMILES string of the molecule is CCN(CCCO)C(=O)c1cccc(N(C)C)c1. The van der Waals surface area contributed by atoms with Crippen LogP contribution in [0.3, 0.4) is 0 Å². The minimum atomic E-state index is 0.0228. The summed E-state index contributed by atoms with van der Waals surface area (Å²) in [5, 5.41) is 8.84. The van der Waals surface area contributed by atoms with E-state index in [4.69, 9.17) is 5.11 Å². The molecule has 1 amide bonds. The van der Waals surface area contributed by atoms with E-state index in [1.165, 1.54) is 0 Å². The Labute approximate surface area is 109 Å². The van der Waals surface area contributed by atoms with Gasteiger partial charge in [-0.05, 0) is 31.5 Å². The Bertz CT molecular complexity index is 391. The van der Waals surface area contributed by atoms with Gasteiger partial charge in [0.2, 0.25) is 0 Å². The molecule has 0 atom stereocenters. The monoisotopic (exact) mass is 250 g/mol. The van der Waals surface area contributed by atoms with Crippen molar-refractivity contribution in [1.82, 2.24) is 4.90 Å². The highest BCUT2D eigenvalue weighted by molar-refractivity contribution is 5.95. The Morgan fingerprint density at radius 1 is 1.33 bits per heavy atom. The van der Waals surface area contributed by atoms with E-state index in [-0.39, 0.29) is 12.5 Å². The van der Waals surface area contributed by atoms with E-state index in [9.17, 15) is 4.79 Å². The Balaban J connectivity index is 2.84. The van der Waals surface area contributed by atoms with Crippen LogP contribution in [0.2, 0.25) is 0 Å². The molecule has 1 aromatic carbocycles. The molecule has 0 aliphatic carbocycles. The Morgan fingerprint density at radius 2 is 2.06 bits per heavy atom. The van der Waals surface area contributed by atoms with Crippen molar-refractivity contribution in [2.45, 2.75) is 13.3 Å². The molecule has 0 fully saturated rings. The van der Waals surface area contributed by atoms with Crippen LogP contribution in [0.1, 0.15) is 23.7 Å². The second kappa shape index (κ2) is 7.01. The highest BCUT2D eigenvalue weighted by Crippen LogP contribution is 2.15. The number of rotatable bonds is 6. The first-order valence-corrected chi connectivity index (χ1v) is 6.27. The molecule has 100 valence electrons. The molecule has 0 saturated carbocycles. The number of nitrogens with zero attached hydrogens (tertiary/aromatic N) is 2. The molecule has 1 N–H and O–H groups in total. The number of amides is 1. The third-order valence-electron chi connectivity index (χ3n) is 2.86. The highest BCUT2D eigenvalue weighted by atomic mass is 16.3. The second-order valence-electron chi connectivity index (χ2n) is 4.41. The predicted molar refractivity (Wildman–Crippen MR) is 74.0 cm³/mol. The molecule has 4 heteroatoms. The molecular formula is C14H22N2O2. The minimum absolute atomic E-state index is 0.0228. The average molecular weight is 250 g/mol. The van der Waals surface area contributed by atoms with Crippen molar-refractivity contribution in [2.75, 3.05) is 38.7 Å². The highest BCUT2D eigenvalue weighted by Gasteiger charge is 2.14. The van der Waals surface area contributed by atoms with Crippen LogP contribution in [0.4, 0.5) is 5.69 Å². The first-order valence-electron chi connectivity index (χ1n) is 6.27. The number of aliphatic hydroxyl groups is 1. The molecule has 0 aliphatic rings. The van der Waals surface area contributed by atoms with Gasteiger partial charge in [-0.2, -0.15) is 0 Å². The molecule has 0 radical (unpaired) electrons. The van der Waals surface area contributed by atoms with Gasteiger partial charge >= 0.3 is 0 Å². The molecule has 0 unspecified atom stereocenters. The summed E-state index contributed by atoms with van der Waals surface area (Å²) < 4.78 is 0. The van der Waals surface area contributed by atoms with Gasteiger partial charge in [0.1, 0.15) is 0 Å². The Kier molecular flexibility index (Phi) is 5.65. The molecule has 0 heterocycles.